The summed E-state index contributed by atoms with van der Waals surface area (Å²) in [6, 6.07) is 21.4. The standard InChI is InChI=1S/C26H25N5O3/c32-23-14-5-7-16-30(23)24(20-10-2-1-3-11-20)25(33)27-21-12-8-9-19(17-21)18-31-26(34)29-15-6-4-13-22(29)28-31/h1-4,6,8-13,15,17,24H,5,7,14,16,18H2,(H,27,33). The molecule has 2 amide bonds. The van der Waals surface area contributed by atoms with E-state index in [9.17, 15) is 14.4 Å². The van der Waals surface area contributed by atoms with Crippen molar-refractivity contribution in [2.24, 2.45) is 0 Å². The molecular weight excluding hydrogens is 430 g/mol. The maximum absolute atomic E-state index is 13.4. The molecule has 0 radical (unpaired) electrons. The van der Waals surface area contributed by atoms with E-state index in [1.165, 1.54) is 9.08 Å². The Morgan fingerprint density at radius 1 is 0.971 bits per heavy atom. The Hall–Kier alpha value is -4.20. The molecule has 1 fully saturated rings. The van der Waals surface area contributed by atoms with E-state index in [1.54, 1.807) is 29.3 Å². The van der Waals surface area contributed by atoms with Crippen molar-refractivity contribution in [2.75, 3.05) is 11.9 Å². The molecule has 0 saturated carbocycles. The number of carbonyl (C=O) groups excluding carboxylic acids is 2. The highest BCUT2D eigenvalue weighted by Crippen LogP contribution is 2.27. The van der Waals surface area contributed by atoms with Gasteiger partial charge in [-0.25, -0.2) is 9.48 Å². The molecule has 8 nitrogen and oxygen atoms in total. The number of likely N-dealkylation sites (tertiary alicyclic amines) is 1. The van der Waals surface area contributed by atoms with Gasteiger partial charge in [-0.05, 0) is 48.2 Å². The third-order valence-corrected chi connectivity index (χ3v) is 6.05. The van der Waals surface area contributed by atoms with Gasteiger partial charge in [0.25, 0.3) is 5.91 Å². The van der Waals surface area contributed by atoms with E-state index in [1.807, 2.05) is 54.6 Å². The minimum atomic E-state index is -0.696. The predicted molar refractivity (Wildman–Crippen MR) is 128 cm³/mol. The highest BCUT2D eigenvalue weighted by Gasteiger charge is 2.32. The van der Waals surface area contributed by atoms with Crippen LogP contribution in [0.5, 0.6) is 0 Å². The van der Waals surface area contributed by atoms with Gasteiger partial charge in [0.1, 0.15) is 6.04 Å². The largest absolute Gasteiger partial charge is 0.350 e. The fourth-order valence-corrected chi connectivity index (χ4v) is 4.41. The fourth-order valence-electron chi connectivity index (χ4n) is 4.41. The first-order valence-corrected chi connectivity index (χ1v) is 11.4. The van der Waals surface area contributed by atoms with E-state index in [4.69, 9.17) is 0 Å². The summed E-state index contributed by atoms with van der Waals surface area (Å²) in [7, 11) is 0. The van der Waals surface area contributed by atoms with Crippen LogP contribution in [0.25, 0.3) is 5.65 Å². The summed E-state index contributed by atoms with van der Waals surface area (Å²) in [5.74, 6) is -0.265. The van der Waals surface area contributed by atoms with Crippen LogP contribution in [0, 0.1) is 0 Å². The van der Waals surface area contributed by atoms with Gasteiger partial charge >= 0.3 is 5.69 Å². The smallest absolute Gasteiger partial charge is 0.327 e. The van der Waals surface area contributed by atoms with Crippen molar-refractivity contribution < 1.29 is 9.59 Å². The van der Waals surface area contributed by atoms with Crippen LogP contribution < -0.4 is 11.0 Å². The zero-order chi connectivity index (χ0) is 23.5. The minimum Gasteiger partial charge on any atom is -0.327 e. The number of fused-ring (bicyclic) bond motifs is 1. The van der Waals surface area contributed by atoms with E-state index in [0.717, 1.165) is 24.0 Å². The monoisotopic (exact) mass is 455 g/mol. The maximum atomic E-state index is 13.4. The Morgan fingerprint density at radius 3 is 2.59 bits per heavy atom. The van der Waals surface area contributed by atoms with Gasteiger partial charge in [0.05, 0.1) is 6.54 Å². The number of hydrogen-bond donors (Lipinski definition) is 1. The number of pyridine rings is 1. The van der Waals surface area contributed by atoms with Gasteiger partial charge in [0.2, 0.25) is 5.91 Å². The summed E-state index contributed by atoms with van der Waals surface area (Å²) in [4.78, 5) is 40.3. The Labute approximate surface area is 196 Å². The van der Waals surface area contributed by atoms with Crippen LogP contribution in [-0.4, -0.2) is 37.4 Å². The molecule has 34 heavy (non-hydrogen) atoms. The molecule has 1 atom stereocenters. The molecule has 1 N–H and O–H groups in total. The summed E-state index contributed by atoms with van der Waals surface area (Å²) in [5, 5.41) is 7.35. The van der Waals surface area contributed by atoms with Gasteiger partial charge in [-0.15, -0.1) is 5.10 Å². The van der Waals surface area contributed by atoms with Gasteiger partial charge in [0.15, 0.2) is 5.65 Å². The lowest BCUT2D eigenvalue weighted by molar-refractivity contribution is -0.141. The average molecular weight is 456 g/mol. The van der Waals surface area contributed by atoms with E-state index in [2.05, 4.69) is 10.4 Å². The molecule has 8 heteroatoms. The maximum Gasteiger partial charge on any atom is 0.350 e. The number of rotatable bonds is 6. The molecule has 2 aromatic heterocycles. The van der Waals surface area contributed by atoms with Crippen molar-refractivity contribution in [3.63, 3.8) is 0 Å². The molecule has 172 valence electrons. The van der Waals surface area contributed by atoms with Crippen molar-refractivity contribution in [3.05, 3.63) is 101 Å². The number of anilines is 1. The van der Waals surface area contributed by atoms with Gasteiger partial charge < -0.3 is 10.2 Å². The first-order valence-electron chi connectivity index (χ1n) is 11.4. The number of hydrogen-bond acceptors (Lipinski definition) is 4. The number of nitrogens with one attached hydrogen (secondary N) is 1. The lowest BCUT2D eigenvalue weighted by atomic mass is 10.0. The zero-order valence-electron chi connectivity index (χ0n) is 18.6. The molecule has 1 unspecified atom stereocenters. The van der Waals surface area contributed by atoms with Crippen LogP contribution in [0.15, 0.2) is 83.8 Å². The molecule has 4 aromatic rings. The van der Waals surface area contributed by atoms with Crippen molar-refractivity contribution in [2.45, 2.75) is 31.8 Å². The second-order valence-electron chi connectivity index (χ2n) is 8.42. The lowest BCUT2D eigenvalue weighted by Crippen LogP contribution is -2.43. The van der Waals surface area contributed by atoms with Gasteiger partial charge in [-0.1, -0.05) is 48.5 Å². The summed E-state index contributed by atoms with van der Waals surface area (Å²) in [6.07, 6.45) is 3.87. The number of piperidine rings is 1. The van der Waals surface area contributed by atoms with Crippen molar-refractivity contribution in [3.8, 4) is 0 Å². The highest BCUT2D eigenvalue weighted by molar-refractivity contribution is 5.98. The lowest BCUT2D eigenvalue weighted by Gasteiger charge is -2.34. The van der Waals surface area contributed by atoms with Crippen molar-refractivity contribution in [1.82, 2.24) is 19.1 Å². The first-order chi connectivity index (χ1) is 16.6. The van der Waals surface area contributed by atoms with Crippen molar-refractivity contribution >= 4 is 23.1 Å². The van der Waals surface area contributed by atoms with Crippen LogP contribution in [0.1, 0.15) is 36.4 Å². The first kappa shape index (κ1) is 21.6. The Balaban J connectivity index is 1.39. The summed E-state index contributed by atoms with van der Waals surface area (Å²) in [5.41, 5.74) is 2.56. The number of benzene rings is 2. The van der Waals surface area contributed by atoms with Gasteiger partial charge in [0, 0.05) is 24.8 Å². The second-order valence-corrected chi connectivity index (χ2v) is 8.42. The Morgan fingerprint density at radius 2 is 1.79 bits per heavy atom. The molecule has 2 aromatic carbocycles. The quantitative estimate of drug-likeness (QED) is 0.483. The number of amides is 2. The Kier molecular flexibility index (Phi) is 5.95. The molecule has 1 aliphatic heterocycles. The molecule has 0 spiro atoms. The number of carbonyl (C=O) groups is 2. The zero-order valence-corrected chi connectivity index (χ0v) is 18.6. The van der Waals surface area contributed by atoms with E-state index < -0.39 is 6.04 Å². The van der Waals surface area contributed by atoms with Crippen LogP contribution in [0.3, 0.4) is 0 Å². The van der Waals surface area contributed by atoms with Crippen LogP contribution in [-0.2, 0) is 16.1 Å². The summed E-state index contributed by atoms with van der Waals surface area (Å²) >= 11 is 0. The van der Waals surface area contributed by atoms with Crippen molar-refractivity contribution in [1.29, 1.82) is 0 Å². The highest BCUT2D eigenvalue weighted by atomic mass is 16.2. The summed E-state index contributed by atoms with van der Waals surface area (Å²) in [6.45, 7) is 0.833. The van der Waals surface area contributed by atoms with Crippen LogP contribution in [0.2, 0.25) is 0 Å². The van der Waals surface area contributed by atoms with Crippen LogP contribution >= 0.6 is 0 Å². The third kappa shape index (κ3) is 4.34. The summed E-state index contributed by atoms with van der Waals surface area (Å²) < 4.78 is 2.89. The van der Waals surface area contributed by atoms with E-state index >= 15 is 0 Å². The molecule has 5 rings (SSSR count). The molecule has 0 bridgehead atoms. The van der Waals surface area contributed by atoms with Gasteiger partial charge in [-0.2, -0.15) is 0 Å². The molecule has 3 heterocycles. The molecule has 1 aliphatic rings. The molecular formula is C26H25N5O3. The fraction of sp³-hybridized carbons (Fsp3) is 0.231. The molecule has 1 saturated heterocycles. The molecule has 0 aliphatic carbocycles. The van der Waals surface area contributed by atoms with E-state index in [-0.39, 0.29) is 24.0 Å². The van der Waals surface area contributed by atoms with E-state index in [0.29, 0.717) is 24.3 Å². The SMILES string of the molecule is O=C(Nc1cccc(Cn2nc3ccccn3c2=O)c1)C(c1ccccc1)N1CCCCC1=O. The minimum absolute atomic E-state index is 0.00442. The normalized spacial score (nSPS) is 14.8. The number of nitrogens with zero attached hydrogens (tertiary/aromatic N) is 4. The third-order valence-electron chi connectivity index (χ3n) is 6.05. The average Bonchev–Trinajstić information content (AvgIpc) is 3.16. The van der Waals surface area contributed by atoms with Crippen LogP contribution in [0.4, 0.5) is 5.69 Å². The second kappa shape index (κ2) is 9.35. The van der Waals surface area contributed by atoms with Gasteiger partial charge in [-0.3, -0.25) is 14.0 Å². The number of aromatic nitrogens is 3. The predicted octanol–water partition coefficient (Wildman–Crippen LogP) is 3.24. The Bertz CT molecular complexity index is 1390. The topological polar surface area (TPSA) is 88.7 Å².